The molecule has 30 heavy (non-hydrogen) atoms. The second kappa shape index (κ2) is 9.29. The second-order valence-corrected chi connectivity index (χ2v) is 9.47. The van der Waals surface area contributed by atoms with E-state index < -0.39 is 0 Å². The largest absolute Gasteiger partial charge is 0.507 e. The summed E-state index contributed by atoms with van der Waals surface area (Å²) in [6.07, 6.45) is 14.8. The Balaban J connectivity index is 1.79. The molecule has 0 aliphatic heterocycles. The fraction of sp³-hybridized carbons (Fsp3) is 0.500. The number of hydrogen-bond acceptors (Lipinski definition) is 2. The first kappa shape index (κ1) is 21.0. The van der Waals surface area contributed by atoms with Gasteiger partial charge in [-0.3, -0.25) is 0 Å². The van der Waals surface area contributed by atoms with Crippen LogP contribution in [0.25, 0.3) is 11.1 Å². The Hall–Kier alpha value is -2.22. The van der Waals surface area contributed by atoms with Gasteiger partial charge in [0.05, 0.1) is 0 Å². The summed E-state index contributed by atoms with van der Waals surface area (Å²) in [5.41, 5.74) is 6.45. The van der Waals surface area contributed by atoms with E-state index in [4.69, 9.17) is 0 Å². The lowest BCUT2D eigenvalue weighted by Gasteiger charge is -2.26. The van der Waals surface area contributed by atoms with Crippen LogP contribution in [0, 0.1) is 6.92 Å². The summed E-state index contributed by atoms with van der Waals surface area (Å²) in [5.74, 6) is 1.84. The van der Waals surface area contributed by atoms with Gasteiger partial charge in [-0.2, -0.15) is 0 Å². The molecule has 2 heteroatoms. The van der Waals surface area contributed by atoms with Crippen LogP contribution in [-0.2, 0) is 6.42 Å². The molecule has 0 aromatic heterocycles. The van der Waals surface area contributed by atoms with Crippen LogP contribution in [0.4, 0.5) is 0 Å². The summed E-state index contributed by atoms with van der Waals surface area (Å²) in [4.78, 5) is 0. The van der Waals surface area contributed by atoms with Gasteiger partial charge in [-0.15, -0.1) is 6.58 Å². The number of aryl methyl sites for hydroxylation is 1. The van der Waals surface area contributed by atoms with Gasteiger partial charge in [0, 0.05) is 0 Å². The van der Waals surface area contributed by atoms with Crippen LogP contribution in [0.2, 0.25) is 0 Å². The van der Waals surface area contributed by atoms with Gasteiger partial charge < -0.3 is 10.2 Å². The Morgan fingerprint density at radius 1 is 0.767 bits per heavy atom. The van der Waals surface area contributed by atoms with E-state index in [9.17, 15) is 10.2 Å². The van der Waals surface area contributed by atoms with Gasteiger partial charge in [0.25, 0.3) is 0 Å². The normalized spacial score (nSPS) is 18.4. The maximum atomic E-state index is 11.0. The number of phenols is 2. The first-order chi connectivity index (χ1) is 14.6. The van der Waals surface area contributed by atoms with Crippen molar-refractivity contribution in [3.8, 4) is 22.6 Å². The highest BCUT2D eigenvalue weighted by Crippen LogP contribution is 2.44. The second-order valence-electron chi connectivity index (χ2n) is 9.47. The van der Waals surface area contributed by atoms with Crippen molar-refractivity contribution in [2.45, 2.75) is 89.4 Å². The van der Waals surface area contributed by atoms with Crippen molar-refractivity contribution in [3.63, 3.8) is 0 Å². The predicted molar refractivity (Wildman–Crippen MR) is 125 cm³/mol. The van der Waals surface area contributed by atoms with Crippen molar-refractivity contribution in [2.24, 2.45) is 0 Å². The van der Waals surface area contributed by atoms with E-state index in [2.05, 4.69) is 30.8 Å². The minimum atomic E-state index is 0.443. The average Bonchev–Trinajstić information content (AvgIpc) is 2.78. The van der Waals surface area contributed by atoms with Crippen molar-refractivity contribution in [1.29, 1.82) is 0 Å². The molecule has 2 saturated carbocycles. The summed E-state index contributed by atoms with van der Waals surface area (Å²) in [6, 6.07) is 8.66. The van der Waals surface area contributed by atoms with E-state index in [0.717, 1.165) is 46.2 Å². The van der Waals surface area contributed by atoms with Crippen molar-refractivity contribution in [3.05, 3.63) is 59.2 Å². The van der Waals surface area contributed by atoms with E-state index in [1.165, 1.54) is 51.4 Å². The number of phenolic OH excluding ortho intramolecular Hbond substituents is 2. The van der Waals surface area contributed by atoms with E-state index in [1.54, 1.807) is 0 Å². The van der Waals surface area contributed by atoms with Crippen LogP contribution in [0.1, 0.15) is 98.3 Å². The maximum Gasteiger partial charge on any atom is 0.122 e. The van der Waals surface area contributed by atoms with Crippen molar-refractivity contribution in [2.75, 3.05) is 0 Å². The Bertz CT molecular complexity index is 899. The van der Waals surface area contributed by atoms with E-state index in [-0.39, 0.29) is 0 Å². The highest BCUT2D eigenvalue weighted by Gasteiger charge is 2.23. The van der Waals surface area contributed by atoms with Gasteiger partial charge in [0.2, 0.25) is 0 Å². The highest BCUT2D eigenvalue weighted by molar-refractivity contribution is 5.71. The highest BCUT2D eigenvalue weighted by atomic mass is 16.3. The molecule has 2 aliphatic rings. The zero-order valence-electron chi connectivity index (χ0n) is 18.4. The SMILES string of the molecule is C=CCc1cc(-c2cc(C)c(O)c(C3CCCCC3)c2)cc(C2CCCCC2)c1O. The Labute approximate surface area is 181 Å². The molecule has 0 heterocycles. The molecule has 0 atom stereocenters. The molecule has 2 fully saturated rings. The van der Waals surface area contributed by atoms with Crippen molar-refractivity contribution in [1.82, 2.24) is 0 Å². The molecule has 2 aliphatic carbocycles. The van der Waals surface area contributed by atoms with Gasteiger partial charge in [0.1, 0.15) is 11.5 Å². The third kappa shape index (κ3) is 4.29. The topological polar surface area (TPSA) is 40.5 Å². The van der Waals surface area contributed by atoms with Crippen LogP contribution in [0.5, 0.6) is 11.5 Å². The Kier molecular flexibility index (Phi) is 6.51. The number of rotatable bonds is 5. The van der Waals surface area contributed by atoms with Gasteiger partial charge in [0.15, 0.2) is 0 Å². The molecule has 2 nitrogen and oxygen atoms in total. The lowest BCUT2D eigenvalue weighted by molar-refractivity contribution is 0.411. The molecule has 0 spiro atoms. The first-order valence-electron chi connectivity index (χ1n) is 11.9. The fourth-order valence-corrected chi connectivity index (χ4v) is 5.62. The van der Waals surface area contributed by atoms with Crippen LogP contribution >= 0.6 is 0 Å². The zero-order chi connectivity index (χ0) is 21.1. The van der Waals surface area contributed by atoms with Crippen molar-refractivity contribution < 1.29 is 10.2 Å². The standard InChI is InChI=1S/C28H36O2/c1-3-10-22-16-24(18-26(28(22)30)21-13-8-5-9-14-21)23-15-19(2)27(29)25(17-23)20-11-6-4-7-12-20/h3,15-18,20-21,29-30H,1,4-14H2,2H3. The quantitative estimate of drug-likeness (QED) is 0.497. The number of hydrogen-bond donors (Lipinski definition) is 2. The van der Waals surface area contributed by atoms with Gasteiger partial charge >= 0.3 is 0 Å². The molecule has 0 bridgehead atoms. The van der Waals surface area contributed by atoms with Crippen molar-refractivity contribution >= 4 is 0 Å². The monoisotopic (exact) mass is 404 g/mol. The molecular formula is C28H36O2. The summed E-state index contributed by atoms with van der Waals surface area (Å²) < 4.78 is 0. The van der Waals surface area contributed by atoms with Crippen LogP contribution in [-0.4, -0.2) is 10.2 Å². The Morgan fingerprint density at radius 2 is 1.27 bits per heavy atom. The van der Waals surface area contributed by atoms with Crippen LogP contribution < -0.4 is 0 Å². The Morgan fingerprint density at radius 3 is 1.80 bits per heavy atom. The number of allylic oxidation sites excluding steroid dienone is 1. The molecule has 0 unspecified atom stereocenters. The molecule has 0 saturated heterocycles. The van der Waals surface area contributed by atoms with Gasteiger partial charge in [-0.25, -0.2) is 0 Å². The molecule has 0 radical (unpaired) electrons. The molecule has 0 amide bonds. The smallest absolute Gasteiger partial charge is 0.122 e. The molecule has 4 rings (SSSR count). The van der Waals surface area contributed by atoms with E-state index >= 15 is 0 Å². The number of aromatic hydroxyl groups is 2. The summed E-state index contributed by atoms with van der Waals surface area (Å²) in [6.45, 7) is 5.91. The zero-order valence-corrected chi connectivity index (χ0v) is 18.4. The summed E-state index contributed by atoms with van der Waals surface area (Å²) in [7, 11) is 0. The molecule has 2 aromatic carbocycles. The van der Waals surface area contributed by atoms with E-state index in [1.807, 2.05) is 13.0 Å². The lowest BCUT2D eigenvalue weighted by atomic mass is 9.80. The average molecular weight is 405 g/mol. The third-order valence-corrected chi connectivity index (χ3v) is 7.34. The van der Waals surface area contributed by atoms with Crippen LogP contribution in [0.3, 0.4) is 0 Å². The summed E-state index contributed by atoms with van der Waals surface area (Å²) >= 11 is 0. The van der Waals surface area contributed by atoms with Crippen LogP contribution in [0.15, 0.2) is 36.9 Å². The molecule has 2 N–H and O–H groups in total. The fourth-order valence-electron chi connectivity index (χ4n) is 5.62. The predicted octanol–water partition coefficient (Wildman–Crippen LogP) is 7.90. The molecular weight excluding hydrogens is 368 g/mol. The minimum Gasteiger partial charge on any atom is -0.507 e. The third-order valence-electron chi connectivity index (χ3n) is 7.34. The maximum absolute atomic E-state index is 11.0. The first-order valence-corrected chi connectivity index (χ1v) is 11.9. The summed E-state index contributed by atoms with van der Waals surface area (Å²) in [5, 5.41) is 21.8. The number of benzene rings is 2. The van der Waals surface area contributed by atoms with E-state index in [0.29, 0.717) is 29.8 Å². The van der Waals surface area contributed by atoms with Gasteiger partial charge in [-0.05, 0) is 109 Å². The minimum absolute atomic E-state index is 0.443. The van der Waals surface area contributed by atoms with Gasteiger partial charge in [-0.1, -0.05) is 44.6 Å². The lowest BCUT2D eigenvalue weighted by Crippen LogP contribution is -2.07. The molecule has 2 aromatic rings. The molecule has 160 valence electrons.